The number of carbonyl (C=O) groups is 3. The first-order valence-electron chi connectivity index (χ1n) is 12.7. The summed E-state index contributed by atoms with van der Waals surface area (Å²) in [6, 6.07) is 10.3. The molecule has 37 heavy (non-hydrogen) atoms. The van der Waals surface area contributed by atoms with Gasteiger partial charge in [-0.05, 0) is 64.3 Å². The third-order valence-electron chi connectivity index (χ3n) is 5.74. The molecule has 0 aliphatic carbocycles. The molecule has 8 nitrogen and oxygen atoms in total. The van der Waals surface area contributed by atoms with Gasteiger partial charge in [0, 0.05) is 20.0 Å². The number of nitrogens with one attached hydrogen (secondary N) is 2. The number of unbranched alkanes of at least 4 members (excludes halogenated alkanes) is 1. The lowest BCUT2D eigenvalue weighted by Gasteiger charge is -2.32. The first-order valence-corrected chi connectivity index (χ1v) is 12.7. The van der Waals surface area contributed by atoms with Crippen molar-refractivity contribution in [2.75, 3.05) is 13.6 Å². The number of phenols is 1. The molecular formula is C29H41N3O5. The Kier molecular flexibility index (Phi) is 10.5. The molecule has 202 valence electrons. The highest BCUT2D eigenvalue weighted by Crippen LogP contribution is 2.24. The lowest BCUT2D eigenvalue weighted by molar-refractivity contribution is -0.140. The van der Waals surface area contributed by atoms with Gasteiger partial charge in [0.1, 0.15) is 23.4 Å². The van der Waals surface area contributed by atoms with E-state index in [1.54, 1.807) is 40.0 Å². The molecule has 0 bridgehead atoms. The van der Waals surface area contributed by atoms with Crippen LogP contribution in [0.25, 0.3) is 0 Å². The fraction of sp³-hybridized carbons (Fsp3) is 0.483. The average molecular weight is 512 g/mol. The molecule has 2 aromatic rings. The second kappa shape index (κ2) is 13.1. The largest absolute Gasteiger partial charge is 0.508 e. The number of amides is 3. The van der Waals surface area contributed by atoms with Crippen LogP contribution >= 0.6 is 0 Å². The number of aromatic hydroxyl groups is 1. The third-order valence-corrected chi connectivity index (χ3v) is 5.74. The Morgan fingerprint density at radius 2 is 1.62 bits per heavy atom. The summed E-state index contributed by atoms with van der Waals surface area (Å²) >= 11 is 0. The second-order valence-electron chi connectivity index (χ2n) is 10.5. The van der Waals surface area contributed by atoms with Gasteiger partial charge in [0.15, 0.2) is 0 Å². The highest BCUT2D eigenvalue weighted by molar-refractivity contribution is 5.92. The van der Waals surface area contributed by atoms with E-state index in [2.05, 4.69) is 10.6 Å². The Labute approximate surface area is 220 Å². The molecule has 0 spiro atoms. The summed E-state index contributed by atoms with van der Waals surface area (Å²) in [5, 5.41) is 15.3. The number of carbonyl (C=O) groups excluding carboxylic acids is 3. The average Bonchev–Trinajstić information content (AvgIpc) is 2.78. The van der Waals surface area contributed by atoms with Gasteiger partial charge in [-0.15, -0.1) is 0 Å². The summed E-state index contributed by atoms with van der Waals surface area (Å²) < 4.78 is 5.40. The third kappa shape index (κ3) is 9.44. The first kappa shape index (κ1) is 29.7. The normalized spacial score (nSPS) is 12.8. The maximum atomic E-state index is 13.9. The van der Waals surface area contributed by atoms with Crippen LogP contribution in [0.4, 0.5) is 4.79 Å². The monoisotopic (exact) mass is 511 g/mol. The lowest BCUT2D eigenvalue weighted by atomic mass is 9.98. The first-order chi connectivity index (χ1) is 17.3. The van der Waals surface area contributed by atoms with E-state index in [-0.39, 0.29) is 18.1 Å². The number of likely N-dealkylation sites (N-methyl/N-ethyl adjacent to an activating group) is 1. The number of hydrogen-bond acceptors (Lipinski definition) is 5. The Hall–Kier alpha value is -3.55. The van der Waals surface area contributed by atoms with Gasteiger partial charge < -0.3 is 25.4 Å². The van der Waals surface area contributed by atoms with Gasteiger partial charge in [0.05, 0.1) is 0 Å². The fourth-order valence-electron chi connectivity index (χ4n) is 4.09. The Morgan fingerprint density at radius 1 is 1.03 bits per heavy atom. The van der Waals surface area contributed by atoms with Crippen LogP contribution in [0.5, 0.6) is 5.75 Å². The van der Waals surface area contributed by atoms with Crippen molar-refractivity contribution < 1.29 is 24.2 Å². The number of ether oxygens (including phenoxy) is 1. The number of hydrogen-bond donors (Lipinski definition) is 3. The van der Waals surface area contributed by atoms with Crippen LogP contribution in [0.3, 0.4) is 0 Å². The van der Waals surface area contributed by atoms with E-state index in [0.29, 0.717) is 12.1 Å². The summed E-state index contributed by atoms with van der Waals surface area (Å²) in [5.74, 6) is -0.619. The second-order valence-corrected chi connectivity index (χ2v) is 10.5. The number of phenolic OH excluding ortho intramolecular Hbond substituents is 1. The number of nitrogens with zero attached hydrogens (tertiary/aromatic N) is 1. The summed E-state index contributed by atoms with van der Waals surface area (Å²) in [4.78, 5) is 41.3. The molecule has 2 atom stereocenters. The molecule has 2 aromatic carbocycles. The summed E-state index contributed by atoms with van der Waals surface area (Å²) in [6.45, 7) is 11.7. The SMILES string of the molecule is CCCCNC(=O)C(c1cc(C)cc(C)c1)N(C)C(=O)C(Cc1ccc(O)cc1)NC(=O)OC(C)(C)C. The van der Waals surface area contributed by atoms with E-state index in [1.807, 2.05) is 39.0 Å². The molecule has 8 heteroatoms. The predicted octanol–water partition coefficient (Wildman–Crippen LogP) is 4.56. The predicted molar refractivity (Wildman–Crippen MR) is 144 cm³/mol. The van der Waals surface area contributed by atoms with E-state index < -0.39 is 29.7 Å². The molecule has 2 unspecified atom stereocenters. The molecule has 3 amide bonds. The maximum Gasteiger partial charge on any atom is 0.408 e. The van der Waals surface area contributed by atoms with Gasteiger partial charge in [0.2, 0.25) is 11.8 Å². The van der Waals surface area contributed by atoms with Crippen molar-refractivity contribution >= 4 is 17.9 Å². The van der Waals surface area contributed by atoms with Crippen LogP contribution in [0, 0.1) is 13.8 Å². The van der Waals surface area contributed by atoms with Crippen LogP contribution in [0.2, 0.25) is 0 Å². The summed E-state index contributed by atoms with van der Waals surface area (Å²) in [6.07, 6.45) is 1.18. The zero-order valence-corrected chi connectivity index (χ0v) is 23.1. The van der Waals surface area contributed by atoms with E-state index in [4.69, 9.17) is 4.74 Å². The van der Waals surface area contributed by atoms with Gasteiger partial charge in [-0.3, -0.25) is 9.59 Å². The highest BCUT2D eigenvalue weighted by Gasteiger charge is 2.34. The van der Waals surface area contributed by atoms with Gasteiger partial charge in [-0.2, -0.15) is 0 Å². The Balaban J connectivity index is 2.42. The smallest absolute Gasteiger partial charge is 0.408 e. The van der Waals surface area contributed by atoms with Crippen molar-refractivity contribution in [1.29, 1.82) is 0 Å². The van der Waals surface area contributed by atoms with Gasteiger partial charge in [0.25, 0.3) is 0 Å². The van der Waals surface area contributed by atoms with Crippen molar-refractivity contribution in [2.24, 2.45) is 0 Å². The minimum absolute atomic E-state index is 0.0995. The fourth-order valence-corrected chi connectivity index (χ4v) is 4.09. The zero-order valence-electron chi connectivity index (χ0n) is 23.1. The van der Waals surface area contributed by atoms with Crippen molar-refractivity contribution in [3.8, 4) is 5.75 Å². The molecule has 0 radical (unpaired) electrons. The van der Waals surface area contributed by atoms with Crippen molar-refractivity contribution in [1.82, 2.24) is 15.5 Å². The summed E-state index contributed by atoms with van der Waals surface area (Å²) in [5.41, 5.74) is 2.64. The molecule has 0 saturated heterocycles. The molecule has 0 saturated carbocycles. The number of aryl methyl sites for hydroxylation is 2. The van der Waals surface area contributed by atoms with Crippen LogP contribution < -0.4 is 10.6 Å². The van der Waals surface area contributed by atoms with Crippen molar-refractivity contribution in [2.45, 2.75) is 78.5 Å². The van der Waals surface area contributed by atoms with E-state index >= 15 is 0 Å². The van der Waals surface area contributed by atoms with Crippen LogP contribution in [-0.4, -0.2) is 53.1 Å². The Morgan fingerprint density at radius 3 is 2.16 bits per heavy atom. The number of benzene rings is 2. The van der Waals surface area contributed by atoms with Gasteiger partial charge in [-0.25, -0.2) is 4.79 Å². The van der Waals surface area contributed by atoms with E-state index in [0.717, 1.165) is 29.5 Å². The standard InChI is InChI=1S/C29H41N3O5/c1-8-9-14-30-26(34)25(22-16-19(2)15-20(3)17-22)32(7)27(35)24(31-28(36)37-29(4,5)6)18-21-10-12-23(33)13-11-21/h10-13,15-17,24-25,33H,8-9,14,18H2,1-7H3,(H,30,34)(H,31,36). The van der Waals surface area contributed by atoms with Gasteiger partial charge >= 0.3 is 6.09 Å². The molecule has 0 aromatic heterocycles. The molecule has 0 aliphatic rings. The zero-order chi connectivity index (χ0) is 27.8. The van der Waals surface area contributed by atoms with Crippen molar-refractivity contribution in [3.63, 3.8) is 0 Å². The molecular weight excluding hydrogens is 470 g/mol. The van der Waals surface area contributed by atoms with Gasteiger partial charge in [-0.1, -0.05) is 54.8 Å². The summed E-state index contributed by atoms with van der Waals surface area (Å²) in [7, 11) is 1.57. The lowest BCUT2D eigenvalue weighted by Crippen LogP contribution is -2.52. The minimum Gasteiger partial charge on any atom is -0.508 e. The molecule has 0 heterocycles. The topological polar surface area (TPSA) is 108 Å². The molecule has 0 aliphatic heterocycles. The molecule has 3 N–H and O–H groups in total. The Bertz CT molecular complexity index is 1060. The minimum atomic E-state index is -0.999. The van der Waals surface area contributed by atoms with Crippen LogP contribution in [0.1, 0.15) is 68.8 Å². The quantitative estimate of drug-likeness (QED) is 0.405. The molecule has 0 fully saturated rings. The highest BCUT2D eigenvalue weighted by atomic mass is 16.6. The van der Waals surface area contributed by atoms with E-state index in [9.17, 15) is 19.5 Å². The maximum absolute atomic E-state index is 13.9. The number of alkyl carbamates (subject to hydrolysis) is 1. The van der Waals surface area contributed by atoms with Crippen molar-refractivity contribution in [3.05, 3.63) is 64.7 Å². The molecule has 2 rings (SSSR count). The van der Waals surface area contributed by atoms with Crippen LogP contribution in [-0.2, 0) is 20.7 Å². The number of rotatable bonds is 10. The van der Waals surface area contributed by atoms with E-state index in [1.165, 1.54) is 17.0 Å². The van der Waals surface area contributed by atoms with Crippen LogP contribution in [0.15, 0.2) is 42.5 Å².